The van der Waals surface area contributed by atoms with E-state index in [0.717, 1.165) is 44.9 Å². The lowest BCUT2D eigenvalue weighted by Crippen LogP contribution is -2.59. The molecule has 1 saturated heterocycles. The van der Waals surface area contributed by atoms with Gasteiger partial charge in [-0.1, -0.05) is 48.0 Å². The molecule has 6 aliphatic rings. The summed E-state index contributed by atoms with van der Waals surface area (Å²) >= 11 is 0. The molecule has 6 heteroatoms. The van der Waals surface area contributed by atoms with E-state index in [1.54, 1.807) is 0 Å². The summed E-state index contributed by atoms with van der Waals surface area (Å²) in [6, 6.07) is -0.549. The number of nitrogens with two attached hydrogens (primary N) is 1. The van der Waals surface area contributed by atoms with Gasteiger partial charge in [0.1, 0.15) is 12.1 Å². The van der Waals surface area contributed by atoms with Crippen molar-refractivity contribution >= 4 is 5.97 Å². The van der Waals surface area contributed by atoms with Crippen LogP contribution < -0.4 is 5.73 Å². The van der Waals surface area contributed by atoms with Crippen molar-refractivity contribution in [2.24, 2.45) is 56.5 Å². The van der Waals surface area contributed by atoms with Crippen LogP contribution in [0.3, 0.4) is 0 Å². The molecule has 4 N–H and O–H groups in total. The van der Waals surface area contributed by atoms with Gasteiger partial charge >= 0.3 is 5.97 Å². The second-order valence-electron chi connectivity index (χ2n) is 18.1. The standard InChI is InChI=1S/C36H61NO5/c1-10-21(2)27(37)29(39)41-25-14-16-35-20-36(35)18-17-32(7)28(34(9)15-13-26(42-34)31(5,6)40)22(38)19-33(32,8)24(36)12-11-23(35)30(25,3)4/h21-28,38,40H,10-20,37H2,1-9H3/t21?,22-,23-,24?,25-,26-,27+,28-,32+,33-,34+,35+,36?/m0/s1. The average Bonchev–Trinajstić information content (AvgIpc) is 3.29. The summed E-state index contributed by atoms with van der Waals surface area (Å²) in [7, 11) is 0. The van der Waals surface area contributed by atoms with E-state index in [2.05, 4.69) is 41.5 Å². The number of carbonyl (C=O) groups excluding carboxylic acids is 1. The van der Waals surface area contributed by atoms with Crippen molar-refractivity contribution in [3.8, 4) is 0 Å². The Kier molecular flexibility index (Phi) is 7.02. The summed E-state index contributed by atoms with van der Waals surface area (Å²) in [6.45, 7) is 19.8. The topological polar surface area (TPSA) is 102 Å². The van der Waals surface area contributed by atoms with Gasteiger partial charge in [0.15, 0.2) is 0 Å². The lowest BCUT2D eigenvalue weighted by atomic mass is 9.41. The molecule has 1 aliphatic heterocycles. The van der Waals surface area contributed by atoms with Crippen LogP contribution in [0.1, 0.15) is 133 Å². The first-order chi connectivity index (χ1) is 19.3. The van der Waals surface area contributed by atoms with Gasteiger partial charge in [0, 0.05) is 11.3 Å². The van der Waals surface area contributed by atoms with Crippen molar-refractivity contribution < 1.29 is 24.5 Å². The van der Waals surface area contributed by atoms with Crippen LogP contribution in [0.2, 0.25) is 0 Å². The van der Waals surface area contributed by atoms with Crippen LogP contribution in [0.5, 0.6) is 0 Å². The van der Waals surface area contributed by atoms with Gasteiger partial charge in [-0.3, -0.25) is 4.79 Å². The van der Waals surface area contributed by atoms with Gasteiger partial charge < -0.3 is 25.4 Å². The highest BCUT2D eigenvalue weighted by Crippen LogP contribution is 2.89. The minimum absolute atomic E-state index is 0.00342. The SMILES string of the molecule is CCC(C)[C@@H](N)C(=O)O[C@H]1CC[C@]23CC24CC[C@]2(C)[C@@H]([C@@]5(C)CC[C@@H](C(C)(C)O)O5)[C@@H](O)C[C@@]2(C)C4CC[C@H]3C1(C)C. The molecular formula is C36H61NO5. The number of aliphatic hydroxyl groups excluding tert-OH is 1. The van der Waals surface area contributed by atoms with E-state index in [0.29, 0.717) is 22.7 Å². The minimum Gasteiger partial charge on any atom is -0.461 e. The zero-order valence-electron chi connectivity index (χ0n) is 28.1. The highest BCUT2D eigenvalue weighted by Gasteiger charge is 2.83. The molecule has 0 aromatic rings. The van der Waals surface area contributed by atoms with Crippen LogP contribution >= 0.6 is 0 Å². The zero-order valence-corrected chi connectivity index (χ0v) is 28.1. The Balaban J connectivity index is 1.25. The number of rotatable bonds is 6. The van der Waals surface area contributed by atoms with Gasteiger partial charge in [-0.25, -0.2) is 0 Å². The van der Waals surface area contributed by atoms with E-state index in [4.69, 9.17) is 15.2 Å². The number of esters is 1. The predicted molar refractivity (Wildman–Crippen MR) is 164 cm³/mol. The Morgan fingerprint density at radius 2 is 1.62 bits per heavy atom. The average molecular weight is 588 g/mol. The lowest BCUT2D eigenvalue weighted by Gasteiger charge is -2.63. The molecule has 240 valence electrons. The van der Waals surface area contributed by atoms with E-state index in [9.17, 15) is 15.0 Å². The quantitative estimate of drug-likeness (QED) is 0.311. The van der Waals surface area contributed by atoms with Crippen LogP contribution in [0, 0.1) is 50.7 Å². The van der Waals surface area contributed by atoms with Crippen LogP contribution in [0.4, 0.5) is 0 Å². The Morgan fingerprint density at radius 3 is 2.24 bits per heavy atom. The molecule has 6 rings (SSSR count). The van der Waals surface area contributed by atoms with E-state index >= 15 is 0 Å². The third-order valence-corrected chi connectivity index (χ3v) is 15.6. The molecule has 0 bridgehead atoms. The Labute approximate surface area is 255 Å². The zero-order chi connectivity index (χ0) is 30.9. The molecule has 5 aliphatic carbocycles. The third-order valence-electron chi connectivity index (χ3n) is 15.6. The van der Waals surface area contributed by atoms with E-state index in [-0.39, 0.29) is 52.4 Å². The van der Waals surface area contributed by atoms with Crippen molar-refractivity contribution in [3.63, 3.8) is 0 Å². The normalized spacial score (nSPS) is 52.4. The molecule has 0 aromatic carbocycles. The van der Waals surface area contributed by atoms with Crippen molar-refractivity contribution in [2.75, 3.05) is 0 Å². The van der Waals surface area contributed by atoms with Crippen LogP contribution in [-0.4, -0.2) is 51.7 Å². The first-order valence-electron chi connectivity index (χ1n) is 17.4. The van der Waals surface area contributed by atoms with Gasteiger partial charge in [-0.2, -0.15) is 0 Å². The Bertz CT molecular complexity index is 1100. The minimum atomic E-state index is -0.875. The second-order valence-corrected chi connectivity index (χ2v) is 18.1. The number of hydrogen-bond acceptors (Lipinski definition) is 6. The summed E-state index contributed by atoms with van der Waals surface area (Å²) in [5, 5.41) is 22.6. The summed E-state index contributed by atoms with van der Waals surface area (Å²) in [6.07, 6.45) is 10.9. The summed E-state index contributed by atoms with van der Waals surface area (Å²) in [4.78, 5) is 13.1. The molecular weight excluding hydrogens is 526 g/mol. The summed E-state index contributed by atoms with van der Waals surface area (Å²) in [5.74, 6) is 1.13. The number of ether oxygens (including phenoxy) is 2. The highest BCUT2D eigenvalue weighted by molar-refractivity contribution is 5.76. The molecule has 6 nitrogen and oxygen atoms in total. The van der Waals surface area contributed by atoms with Crippen LogP contribution in [0.15, 0.2) is 0 Å². The maximum Gasteiger partial charge on any atom is 0.323 e. The van der Waals surface area contributed by atoms with Gasteiger partial charge in [-0.15, -0.1) is 0 Å². The first-order valence-corrected chi connectivity index (χ1v) is 17.4. The fourth-order valence-electron chi connectivity index (χ4n) is 13.0. The molecule has 5 saturated carbocycles. The van der Waals surface area contributed by atoms with Gasteiger partial charge in [-0.05, 0) is 124 Å². The van der Waals surface area contributed by atoms with E-state index < -0.39 is 17.2 Å². The fraction of sp³-hybridized carbons (Fsp3) is 0.972. The van der Waals surface area contributed by atoms with Crippen LogP contribution in [-0.2, 0) is 14.3 Å². The third kappa shape index (κ3) is 3.92. The molecule has 0 amide bonds. The fourth-order valence-corrected chi connectivity index (χ4v) is 13.0. The van der Waals surface area contributed by atoms with Crippen LogP contribution in [0.25, 0.3) is 0 Å². The molecule has 2 spiro atoms. The van der Waals surface area contributed by atoms with Crippen molar-refractivity contribution in [1.82, 2.24) is 0 Å². The van der Waals surface area contributed by atoms with E-state index in [1.807, 2.05) is 20.8 Å². The van der Waals surface area contributed by atoms with E-state index in [1.165, 1.54) is 25.7 Å². The van der Waals surface area contributed by atoms with Gasteiger partial charge in [0.25, 0.3) is 0 Å². The van der Waals surface area contributed by atoms with Crippen molar-refractivity contribution in [1.29, 1.82) is 0 Å². The van der Waals surface area contributed by atoms with Gasteiger partial charge in [0.2, 0.25) is 0 Å². The predicted octanol–water partition coefficient (Wildman–Crippen LogP) is 6.39. The molecule has 3 unspecified atom stereocenters. The Morgan fingerprint density at radius 1 is 0.976 bits per heavy atom. The monoisotopic (exact) mass is 587 g/mol. The van der Waals surface area contributed by atoms with Gasteiger partial charge in [0.05, 0.1) is 23.4 Å². The molecule has 42 heavy (non-hydrogen) atoms. The molecule has 0 aromatic heterocycles. The number of hydrogen-bond donors (Lipinski definition) is 3. The second kappa shape index (κ2) is 9.42. The molecule has 6 fully saturated rings. The molecule has 1 heterocycles. The number of fused-ring (bicyclic) bond motifs is 2. The van der Waals surface area contributed by atoms with Crippen molar-refractivity contribution in [2.45, 2.75) is 168 Å². The summed E-state index contributed by atoms with van der Waals surface area (Å²) < 4.78 is 13.0. The number of aliphatic hydroxyl groups is 2. The lowest BCUT2D eigenvalue weighted by molar-refractivity contribution is -0.200. The highest BCUT2D eigenvalue weighted by atomic mass is 16.5. The maximum absolute atomic E-state index is 13.1. The number of carbonyl (C=O) groups is 1. The summed E-state index contributed by atoms with van der Waals surface area (Å²) in [5.41, 5.74) is 5.65. The molecule has 0 radical (unpaired) electrons. The smallest absolute Gasteiger partial charge is 0.323 e. The molecule has 13 atom stereocenters. The van der Waals surface area contributed by atoms with Crippen molar-refractivity contribution in [3.05, 3.63) is 0 Å². The maximum atomic E-state index is 13.1. The largest absolute Gasteiger partial charge is 0.461 e. The Hall–Kier alpha value is -0.690. The first kappa shape index (κ1) is 31.3.